The number of nitro groups is 1. The number of thiophene rings is 1. The number of halogens is 1. The Morgan fingerprint density at radius 1 is 1.35 bits per heavy atom. The van der Waals surface area contributed by atoms with Crippen LogP contribution in [0.3, 0.4) is 0 Å². The van der Waals surface area contributed by atoms with E-state index in [9.17, 15) is 24.1 Å². The molecule has 0 aliphatic carbocycles. The molecule has 26 heavy (non-hydrogen) atoms. The molecule has 0 spiro atoms. The molecule has 0 saturated carbocycles. The summed E-state index contributed by atoms with van der Waals surface area (Å²) in [6.45, 7) is 3.15. The van der Waals surface area contributed by atoms with Gasteiger partial charge in [0.15, 0.2) is 18.2 Å². The van der Waals surface area contributed by atoms with E-state index in [-0.39, 0.29) is 12.4 Å². The second kappa shape index (κ2) is 8.39. The Morgan fingerprint density at radius 2 is 2.08 bits per heavy atom. The maximum absolute atomic E-state index is 13.7. The van der Waals surface area contributed by atoms with Crippen molar-refractivity contribution in [1.29, 1.82) is 0 Å². The molecular weight excluding hydrogens is 367 g/mol. The smallest absolute Gasteiger partial charge is 0.348 e. The molecule has 2 rings (SSSR count). The van der Waals surface area contributed by atoms with Crippen LogP contribution in [0.2, 0.25) is 0 Å². The van der Waals surface area contributed by atoms with Crippen LogP contribution in [0.25, 0.3) is 0 Å². The van der Waals surface area contributed by atoms with Crippen molar-refractivity contribution in [2.75, 3.05) is 18.5 Å². The largest absolute Gasteiger partial charge is 0.481 e. The molecule has 8 nitrogen and oxygen atoms in total. The average Bonchev–Trinajstić information content (AvgIpc) is 2.94. The highest BCUT2D eigenvalue weighted by molar-refractivity contribution is 7.18. The first-order valence-electron chi connectivity index (χ1n) is 7.46. The molecule has 1 aromatic carbocycles. The van der Waals surface area contributed by atoms with Gasteiger partial charge < -0.3 is 14.8 Å². The number of ether oxygens (including phenoxy) is 2. The maximum atomic E-state index is 13.7. The lowest BCUT2D eigenvalue weighted by molar-refractivity contribution is -0.385. The molecule has 0 aliphatic heterocycles. The van der Waals surface area contributed by atoms with Crippen LogP contribution < -0.4 is 10.1 Å². The average molecular weight is 382 g/mol. The van der Waals surface area contributed by atoms with Gasteiger partial charge in [-0.25, -0.2) is 9.18 Å². The molecule has 138 valence electrons. The van der Waals surface area contributed by atoms with E-state index < -0.39 is 34.9 Å². The molecule has 2 aromatic rings. The summed E-state index contributed by atoms with van der Waals surface area (Å²) in [6.07, 6.45) is 0. The molecule has 10 heteroatoms. The Bertz CT molecular complexity index is 851. The van der Waals surface area contributed by atoms with E-state index in [2.05, 4.69) is 5.32 Å². The van der Waals surface area contributed by atoms with E-state index in [0.29, 0.717) is 21.5 Å². The van der Waals surface area contributed by atoms with Gasteiger partial charge >= 0.3 is 5.97 Å². The molecule has 1 aromatic heterocycles. The van der Waals surface area contributed by atoms with Gasteiger partial charge in [0.05, 0.1) is 22.6 Å². The van der Waals surface area contributed by atoms with Gasteiger partial charge in [0.1, 0.15) is 4.88 Å². The van der Waals surface area contributed by atoms with Crippen molar-refractivity contribution in [3.05, 3.63) is 50.6 Å². The molecule has 1 heterocycles. The van der Waals surface area contributed by atoms with Crippen LogP contribution in [0.15, 0.2) is 24.3 Å². The third kappa shape index (κ3) is 4.76. The van der Waals surface area contributed by atoms with Crippen LogP contribution in [-0.2, 0) is 9.53 Å². The van der Waals surface area contributed by atoms with Crippen LogP contribution in [0.5, 0.6) is 5.75 Å². The number of carbonyl (C=O) groups is 2. The number of carbonyl (C=O) groups excluding carboxylic acids is 2. The maximum Gasteiger partial charge on any atom is 0.348 e. The third-order valence-corrected chi connectivity index (χ3v) is 4.26. The quantitative estimate of drug-likeness (QED) is 0.447. The highest BCUT2D eigenvalue weighted by Crippen LogP contribution is 2.27. The molecule has 1 amide bonds. The normalized spacial score (nSPS) is 10.3. The van der Waals surface area contributed by atoms with Crippen molar-refractivity contribution >= 4 is 33.9 Å². The monoisotopic (exact) mass is 382 g/mol. The van der Waals surface area contributed by atoms with Gasteiger partial charge in [-0.1, -0.05) is 0 Å². The van der Waals surface area contributed by atoms with Gasteiger partial charge in [0, 0.05) is 6.07 Å². The van der Waals surface area contributed by atoms with Gasteiger partial charge in [0.2, 0.25) is 0 Å². The summed E-state index contributed by atoms with van der Waals surface area (Å²) in [6, 6.07) is 4.47. The molecule has 0 fully saturated rings. The van der Waals surface area contributed by atoms with E-state index in [1.54, 1.807) is 19.9 Å². The van der Waals surface area contributed by atoms with Gasteiger partial charge in [-0.2, -0.15) is 0 Å². The number of nitro benzene ring substituents is 1. The van der Waals surface area contributed by atoms with E-state index in [0.717, 1.165) is 23.5 Å². The Hall–Kier alpha value is -3.01. The number of hydrogen-bond acceptors (Lipinski definition) is 7. The zero-order chi connectivity index (χ0) is 19.3. The van der Waals surface area contributed by atoms with Gasteiger partial charge in [-0.3, -0.25) is 14.9 Å². The lowest BCUT2D eigenvalue weighted by atomic mass is 10.3. The first-order valence-corrected chi connectivity index (χ1v) is 8.27. The van der Waals surface area contributed by atoms with Gasteiger partial charge in [-0.15, -0.1) is 11.3 Å². The summed E-state index contributed by atoms with van der Waals surface area (Å²) in [7, 11) is 0. The van der Waals surface area contributed by atoms with E-state index in [1.165, 1.54) is 0 Å². The van der Waals surface area contributed by atoms with E-state index in [1.807, 2.05) is 0 Å². The second-order valence-corrected chi connectivity index (χ2v) is 6.10. The summed E-state index contributed by atoms with van der Waals surface area (Å²) in [4.78, 5) is 33.9. The molecule has 1 N–H and O–H groups in total. The van der Waals surface area contributed by atoms with Crippen molar-refractivity contribution in [3.8, 4) is 5.75 Å². The number of nitrogens with one attached hydrogen (secondary N) is 1. The first kappa shape index (κ1) is 19.3. The number of nitrogens with zero attached hydrogens (tertiary/aromatic N) is 1. The predicted octanol–water partition coefficient (Wildman–Crippen LogP) is 3.30. The summed E-state index contributed by atoms with van der Waals surface area (Å²) >= 11 is 1.05. The molecule has 0 unspecified atom stereocenters. The molecule has 0 radical (unpaired) electrons. The molecule has 0 saturated heterocycles. The van der Waals surface area contributed by atoms with Gasteiger partial charge in [0.25, 0.3) is 11.6 Å². The Kier molecular flexibility index (Phi) is 6.23. The minimum atomic E-state index is -0.941. The number of hydrogen-bond donors (Lipinski definition) is 1. The SMILES string of the molecule is CCOC(=O)c1sc(NC(=O)COc2ccc([N+](=O)[O-])cc2F)cc1C. The Morgan fingerprint density at radius 3 is 2.69 bits per heavy atom. The van der Waals surface area contributed by atoms with Crippen LogP contribution in [0, 0.1) is 22.9 Å². The standard InChI is InChI=1S/C16H15FN2O6S/c1-3-24-16(21)15-9(2)6-14(26-15)18-13(20)8-25-12-5-4-10(19(22)23)7-11(12)17/h4-7H,3,8H2,1-2H3,(H,18,20). The summed E-state index contributed by atoms with van der Waals surface area (Å²) in [5.41, 5.74) is 0.242. The highest BCUT2D eigenvalue weighted by Gasteiger charge is 2.17. The molecule has 0 aliphatic rings. The van der Waals surface area contributed by atoms with E-state index >= 15 is 0 Å². The Labute approximate surface area is 151 Å². The second-order valence-electron chi connectivity index (χ2n) is 5.05. The number of benzene rings is 1. The number of rotatable bonds is 7. The molecule has 0 bridgehead atoms. The Balaban J connectivity index is 1.96. The fourth-order valence-electron chi connectivity index (χ4n) is 1.98. The van der Waals surface area contributed by atoms with Crippen LogP contribution >= 0.6 is 11.3 Å². The topological polar surface area (TPSA) is 108 Å². The van der Waals surface area contributed by atoms with Crippen molar-refractivity contribution < 1.29 is 28.4 Å². The lowest BCUT2D eigenvalue weighted by Crippen LogP contribution is -2.19. The number of esters is 1. The van der Waals surface area contributed by atoms with Crippen LogP contribution in [-0.4, -0.2) is 30.0 Å². The zero-order valence-electron chi connectivity index (χ0n) is 13.9. The molecule has 0 atom stereocenters. The number of anilines is 1. The minimum absolute atomic E-state index is 0.243. The summed E-state index contributed by atoms with van der Waals surface area (Å²) in [5, 5.41) is 13.5. The zero-order valence-corrected chi connectivity index (χ0v) is 14.7. The van der Waals surface area contributed by atoms with Crippen LogP contribution in [0.4, 0.5) is 15.1 Å². The highest BCUT2D eigenvalue weighted by atomic mass is 32.1. The predicted molar refractivity (Wildman–Crippen MR) is 92.2 cm³/mol. The number of amides is 1. The van der Waals surface area contributed by atoms with E-state index in [4.69, 9.17) is 9.47 Å². The van der Waals surface area contributed by atoms with Crippen molar-refractivity contribution in [2.24, 2.45) is 0 Å². The van der Waals surface area contributed by atoms with Crippen molar-refractivity contribution in [3.63, 3.8) is 0 Å². The first-order chi connectivity index (χ1) is 12.3. The third-order valence-electron chi connectivity index (χ3n) is 3.13. The van der Waals surface area contributed by atoms with Crippen LogP contribution in [0.1, 0.15) is 22.2 Å². The minimum Gasteiger partial charge on any atom is -0.481 e. The van der Waals surface area contributed by atoms with Crippen molar-refractivity contribution in [2.45, 2.75) is 13.8 Å². The lowest BCUT2D eigenvalue weighted by Gasteiger charge is -2.07. The summed E-state index contributed by atoms with van der Waals surface area (Å²) in [5.74, 6) is -2.26. The fraction of sp³-hybridized carbons (Fsp3) is 0.250. The number of aryl methyl sites for hydroxylation is 1. The van der Waals surface area contributed by atoms with Crippen molar-refractivity contribution in [1.82, 2.24) is 0 Å². The number of non-ortho nitro benzene ring substituents is 1. The van der Waals surface area contributed by atoms with Gasteiger partial charge in [-0.05, 0) is 31.5 Å². The molecular formula is C16H15FN2O6S. The fourth-order valence-corrected chi connectivity index (χ4v) is 2.96. The summed E-state index contributed by atoms with van der Waals surface area (Å²) < 4.78 is 23.6.